The first-order valence-electron chi connectivity index (χ1n) is 13.1. The van der Waals surface area contributed by atoms with E-state index in [1.54, 1.807) is 0 Å². The van der Waals surface area contributed by atoms with Crippen molar-refractivity contribution in [1.82, 2.24) is 29.4 Å². The highest BCUT2D eigenvalue weighted by atomic mass is 32.2. The van der Waals surface area contributed by atoms with E-state index in [4.69, 9.17) is 4.98 Å². The molecule has 1 unspecified atom stereocenters. The topological polar surface area (TPSA) is 122 Å². The van der Waals surface area contributed by atoms with Crippen LogP contribution in [0.3, 0.4) is 0 Å². The Kier molecular flexibility index (Phi) is 7.64. The van der Waals surface area contributed by atoms with E-state index >= 15 is 0 Å². The number of aromatic nitrogens is 2. The van der Waals surface area contributed by atoms with E-state index in [9.17, 15) is 18.3 Å². The summed E-state index contributed by atoms with van der Waals surface area (Å²) in [6.45, 7) is 5.91. The first-order valence-corrected chi connectivity index (χ1v) is 15.0. The van der Waals surface area contributed by atoms with Gasteiger partial charge in [0.05, 0.1) is 23.4 Å². The maximum absolute atomic E-state index is 12.9. The second-order valence-corrected chi connectivity index (χ2v) is 12.7. The third-order valence-electron chi connectivity index (χ3n) is 7.74. The van der Waals surface area contributed by atoms with Crippen LogP contribution in [0.2, 0.25) is 0 Å². The van der Waals surface area contributed by atoms with Crippen molar-refractivity contribution in [2.75, 3.05) is 65.2 Å². The number of imidazole rings is 1. The Morgan fingerprint density at radius 3 is 2.39 bits per heavy atom. The second-order valence-electron chi connectivity index (χ2n) is 10.7. The average molecular weight is 519 g/mol. The van der Waals surface area contributed by atoms with Gasteiger partial charge in [0.15, 0.2) is 0 Å². The van der Waals surface area contributed by atoms with Gasteiger partial charge in [0, 0.05) is 51.7 Å². The van der Waals surface area contributed by atoms with Gasteiger partial charge in [-0.15, -0.1) is 0 Å². The van der Waals surface area contributed by atoms with Crippen LogP contribution in [0.25, 0.3) is 11.0 Å². The molecule has 2 aliphatic heterocycles. The van der Waals surface area contributed by atoms with E-state index in [2.05, 4.69) is 20.1 Å². The number of nitrogens with zero attached hydrogens (tertiary/aromatic N) is 4. The highest BCUT2D eigenvalue weighted by molar-refractivity contribution is 7.88. The summed E-state index contributed by atoms with van der Waals surface area (Å²) in [6.07, 6.45) is 5.09. The number of benzene rings is 1. The molecule has 0 bridgehead atoms. The number of hydrogen-bond acceptors (Lipinski definition) is 7. The number of carbonyl (C=O) groups excluding carboxylic acids is 1. The minimum Gasteiger partial charge on any atom is -0.390 e. The van der Waals surface area contributed by atoms with E-state index in [1.807, 2.05) is 18.2 Å². The largest absolute Gasteiger partial charge is 0.390 e. The number of H-pyrrole nitrogens is 1. The van der Waals surface area contributed by atoms with Crippen LogP contribution in [-0.2, 0) is 10.0 Å². The zero-order chi connectivity index (χ0) is 25.3. The molecule has 1 aromatic heterocycles. The van der Waals surface area contributed by atoms with Gasteiger partial charge in [-0.25, -0.2) is 13.4 Å². The SMILES string of the molecule is CS(=O)(=O)N1CCN(CC(O)CN2CCC(CNC(=O)c3cccc4[nH]c(C5CC5)nc34)CC2)CC1. The standard InChI is InChI=1S/C25H38N6O4S/c1-36(34,35)31-13-11-30(12-14-31)17-20(32)16-29-9-7-18(8-10-29)15-26-25(33)21-3-2-4-22-23(21)28-24(27-22)19-5-6-19/h2-4,18-20,32H,5-17H2,1H3,(H,26,33)(H,27,28). The number of fused-ring (bicyclic) bond motifs is 1. The number of hydrogen-bond donors (Lipinski definition) is 3. The summed E-state index contributed by atoms with van der Waals surface area (Å²) < 4.78 is 24.8. The van der Waals surface area contributed by atoms with Crippen molar-refractivity contribution in [1.29, 1.82) is 0 Å². The number of rotatable bonds is 9. The van der Waals surface area contributed by atoms with Crippen LogP contribution < -0.4 is 5.32 Å². The van der Waals surface area contributed by atoms with Crippen molar-refractivity contribution in [3.05, 3.63) is 29.6 Å². The first-order chi connectivity index (χ1) is 17.3. The number of carbonyl (C=O) groups is 1. The molecule has 1 aliphatic carbocycles. The van der Waals surface area contributed by atoms with E-state index in [0.717, 1.165) is 42.8 Å². The lowest BCUT2D eigenvalue weighted by Crippen LogP contribution is -2.51. The summed E-state index contributed by atoms with van der Waals surface area (Å²) in [5.41, 5.74) is 2.32. The number of aromatic amines is 1. The van der Waals surface area contributed by atoms with Crippen LogP contribution in [0.15, 0.2) is 18.2 Å². The summed E-state index contributed by atoms with van der Waals surface area (Å²) in [4.78, 5) is 25.4. The lowest BCUT2D eigenvalue weighted by atomic mass is 9.96. The Hall–Kier alpha value is -2.05. The second kappa shape index (κ2) is 10.7. The van der Waals surface area contributed by atoms with Gasteiger partial charge in [0.1, 0.15) is 11.3 Å². The highest BCUT2D eigenvalue weighted by Crippen LogP contribution is 2.39. The molecule has 11 heteroatoms. The molecule has 198 valence electrons. The van der Waals surface area contributed by atoms with Gasteiger partial charge in [0.25, 0.3) is 5.91 Å². The van der Waals surface area contributed by atoms with Crippen LogP contribution in [0.5, 0.6) is 0 Å². The maximum Gasteiger partial charge on any atom is 0.253 e. The fraction of sp³-hybridized carbons (Fsp3) is 0.680. The third-order valence-corrected chi connectivity index (χ3v) is 9.04. The number of para-hydroxylation sites is 1. The molecule has 1 saturated carbocycles. The number of aliphatic hydroxyl groups is 1. The summed E-state index contributed by atoms with van der Waals surface area (Å²) >= 11 is 0. The van der Waals surface area contributed by atoms with Crippen molar-refractivity contribution in [2.24, 2.45) is 5.92 Å². The van der Waals surface area contributed by atoms with Crippen molar-refractivity contribution >= 4 is 27.0 Å². The van der Waals surface area contributed by atoms with Crippen molar-refractivity contribution in [2.45, 2.75) is 37.7 Å². The number of aliphatic hydroxyl groups excluding tert-OH is 1. The van der Waals surface area contributed by atoms with Crippen molar-refractivity contribution in [3.8, 4) is 0 Å². The van der Waals surface area contributed by atoms with Crippen LogP contribution in [0.1, 0.15) is 47.8 Å². The molecule has 1 amide bonds. The van der Waals surface area contributed by atoms with Gasteiger partial charge in [-0.3, -0.25) is 9.69 Å². The summed E-state index contributed by atoms with van der Waals surface area (Å²) in [5.74, 6) is 1.87. The molecule has 2 saturated heterocycles. The predicted octanol–water partition coefficient (Wildman–Crippen LogP) is 0.820. The molecule has 0 radical (unpaired) electrons. The molecular weight excluding hydrogens is 480 g/mol. The molecule has 1 aromatic carbocycles. The van der Waals surface area contributed by atoms with E-state index in [1.165, 1.54) is 23.4 Å². The molecule has 2 aromatic rings. The first kappa shape index (κ1) is 25.6. The van der Waals surface area contributed by atoms with Crippen LogP contribution in [0, 0.1) is 5.92 Å². The normalized spacial score (nSPS) is 22.2. The minimum absolute atomic E-state index is 0.0664. The number of likely N-dealkylation sites (tertiary alicyclic amines) is 1. The number of nitrogens with one attached hydrogen (secondary N) is 2. The highest BCUT2D eigenvalue weighted by Gasteiger charge is 2.28. The molecule has 3 fully saturated rings. The lowest BCUT2D eigenvalue weighted by Gasteiger charge is -2.36. The third kappa shape index (κ3) is 6.25. The number of piperidine rings is 1. The van der Waals surface area contributed by atoms with Gasteiger partial charge in [0.2, 0.25) is 10.0 Å². The predicted molar refractivity (Wildman–Crippen MR) is 138 cm³/mol. The Morgan fingerprint density at radius 1 is 1.08 bits per heavy atom. The molecule has 3 heterocycles. The smallest absolute Gasteiger partial charge is 0.253 e. The average Bonchev–Trinajstić information content (AvgIpc) is 3.61. The van der Waals surface area contributed by atoms with Gasteiger partial charge in [-0.05, 0) is 56.8 Å². The Balaban J connectivity index is 1.03. The molecule has 5 rings (SSSR count). The molecule has 36 heavy (non-hydrogen) atoms. The van der Waals surface area contributed by atoms with E-state index in [-0.39, 0.29) is 5.91 Å². The Labute approximate surface area is 213 Å². The zero-order valence-electron chi connectivity index (χ0n) is 21.0. The fourth-order valence-electron chi connectivity index (χ4n) is 5.39. The van der Waals surface area contributed by atoms with Crippen molar-refractivity contribution in [3.63, 3.8) is 0 Å². The van der Waals surface area contributed by atoms with Gasteiger partial charge >= 0.3 is 0 Å². The molecule has 3 N–H and O–H groups in total. The maximum atomic E-state index is 12.9. The molecule has 10 nitrogen and oxygen atoms in total. The number of piperazine rings is 1. The quantitative estimate of drug-likeness (QED) is 0.449. The van der Waals surface area contributed by atoms with Gasteiger partial charge in [-0.1, -0.05) is 6.07 Å². The Morgan fingerprint density at radius 2 is 1.75 bits per heavy atom. The molecule has 0 spiro atoms. The molecule has 1 atom stereocenters. The molecular formula is C25H38N6O4S. The van der Waals surface area contributed by atoms with E-state index < -0.39 is 16.1 Å². The number of sulfonamides is 1. The lowest BCUT2D eigenvalue weighted by molar-refractivity contribution is 0.0509. The zero-order valence-corrected chi connectivity index (χ0v) is 21.8. The summed E-state index contributed by atoms with van der Waals surface area (Å²) in [5, 5.41) is 13.7. The van der Waals surface area contributed by atoms with Crippen LogP contribution >= 0.6 is 0 Å². The minimum atomic E-state index is -3.14. The monoisotopic (exact) mass is 518 g/mol. The molecule has 3 aliphatic rings. The van der Waals surface area contributed by atoms with Crippen LogP contribution in [-0.4, -0.2) is 115 Å². The van der Waals surface area contributed by atoms with Crippen LogP contribution in [0.4, 0.5) is 0 Å². The van der Waals surface area contributed by atoms with Gasteiger partial charge < -0.3 is 20.3 Å². The number of β-amino-alcohol motifs (C(OH)–C–C–N with tert-alkyl or cyclic N) is 1. The Bertz CT molecular complexity index is 1160. The number of amides is 1. The van der Waals surface area contributed by atoms with Crippen molar-refractivity contribution < 1.29 is 18.3 Å². The fourth-order valence-corrected chi connectivity index (χ4v) is 6.21. The summed E-state index contributed by atoms with van der Waals surface area (Å²) in [7, 11) is -3.14. The van der Waals surface area contributed by atoms with Gasteiger partial charge in [-0.2, -0.15) is 4.31 Å². The summed E-state index contributed by atoms with van der Waals surface area (Å²) in [6, 6.07) is 5.73. The van der Waals surface area contributed by atoms with E-state index in [0.29, 0.717) is 63.2 Å².